The molecule has 6 nitrogen and oxygen atoms in total. The van der Waals surface area contributed by atoms with Gasteiger partial charge in [0.05, 0.1) is 0 Å². The number of nitrogens with one attached hydrogen (secondary N) is 2. The first-order valence-corrected chi connectivity index (χ1v) is 11.6. The normalized spacial score (nSPS) is 20.1. The van der Waals surface area contributed by atoms with Gasteiger partial charge in [0.15, 0.2) is 5.96 Å². The Hall–Kier alpha value is -1.82. The molecular weight excluding hydrogens is 360 g/mol. The Labute approximate surface area is 177 Å². The van der Waals surface area contributed by atoms with Crippen molar-refractivity contribution in [3.8, 4) is 0 Å². The van der Waals surface area contributed by atoms with Crippen LogP contribution in [0.1, 0.15) is 51.6 Å². The van der Waals surface area contributed by atoms with Crippen molar-refractivity contribution in [3.05, 3.63) is 23.9 Å². The van der Waals surface area contributed by atoms with Crippen molar-refractivity contribution in [1.82, 2.24) is 20.5 Å². The van der Waals surface area contributed by atoms with Gasteiger partial charge in [-0.25, -0.2) is 4.98 Å². The standard InChI is InChI=1S/C23H40N6/c1-4-24-23(25-14-9-20-10-15-28(5-2)16-11-20)27-21-12-17-29(18-13-21)22-8-6-7-19(3)26-22/h6-8,20-21H,4-5,9-18H2,1-3H3,(H2,24,25,27). The Kier molecular flexibility index (Phi) is 8.59. The van der Waals surface area contributed by atoms with Crippen molar-refractivity contribution in [2.24, 2.45) is 10.9 Å². The molecule has 0 unspecified atom stereocenters. The summed E-state index contributed by atoms with van der Waals surface area (Å²) in [4.78, 5) is 14.5. The predicted molar refractivity (Wildman–Crippen MR) is 123 cm³/mol. The second kappa shape index (κ2) is 11.4. The second-order valence-corrected chi connectivity index (χ2v) is 8.47. The molecule has 0 spiro atoms. The fourth-order valence-electron chi connectivity index (χ4n) is 4.42. The molecule has 0 aromatic carbocycles. The summed E-state index contributed by atoms with van der Waals surface area (Å²) in [5, 5.41) is 7.12. The molecule has 162 valence electrons. The van der Waals surface area contributed by atoms with Gasteiger partial charge in [-0.15, -0.1) is 0 Å². The minimum absolute atomic E-state index is 0.488. The number of aryl methyl sites for hydroxylation is 1. The topological polar surface area (TPSA) is 55.8 Å². The third kappa shape index (κ3) is 6.88. The number of nitrogens with zero attached hydrogens (tertiary/aromatic N) is 4. The third-order valence-electron chi connectivity index (χ3n) is 6.34. The van der Waals surface area contributed by atoms with Crippen molar-refractivity contribution in [2.75, 3.05) is 50.7 Å². The number of likely N-dealkylation sites (tertiary alicyclic amines) is 1. The molecule has 3 rings (SSSR count). The number of anilines is 1. The van der Waals surface area contributed by atoms with E-state index >= 15 is 0 Å². The lowest BCUT2D eigenvalue weighted by atomic mass is 9.94. The Morgan fingerprint density at radius 3 is 2.52 bits per heavy atom. The fraction of sp³-hybridized carbons (Fsp3) is 0.739. The van der Waals surface area contributed by atoms with Crippen LogP contribution >= 0.6 is 0 Å². The molecule has 0 saturated carbocycles. The Morgan fingerprint density at radius 1 is 1.10 bits per heavy atom. The minimum Gasteiger partial charge on any atom is -0.357 e. The Bertz CT molecular complexity index is 630. The van der Waals surface area contributed by atoms with Gasteiger partial charge >= 0.3 is 0 Å². The van der Waals surface area contributed by atoms with E-state index in [1.165, 1.54) is 38.9 Å². The number of aromatic nitrogens is 1. The molecule has 0 atom stereocenters. The first kappa shape index (κ1) is 21.9. The highest BCUT2D eigenvalue weighted by molar-refractivity contribution is 5.80. The monoisotopic (exact) mass is 400 g/mol. The maximum Gasteiger partial charge on any atom is 0.191 e. The first-order valence-electron chi connectivity index (χ1n) is 11.6. The summed E-state index contributed by atoms with van der Waals surface area (Å²) in [6.07, 6.45) is 6.12. The third-order valence-corrected chi connectivity index (χ3v) is 6.34. The molecule has 2 fully saturated rings. The summed E-state index contributed by atoms with van der Waals surface area (Å²) < 4.78 is 0. The van der Waals surface area contributed by atoms with Crippen LogP contribution in [0.4, 0.5) is 5.82 Å². The SMILES string of the molecule is CCNC(=NCCC1CCN(CC)CC1)NC1CCN(c2cccc(C)n2)CC1. The summed E-state index contributed by atoms with van der Waals surface area (Å²) in [5.74, 6) is 2.94. The van der Waals surface area contributed by atoms with Crippen LogP contribution in [0, 0.1) is 12.8 Å². The van der Waals surface area contributed by atoms with E-state index in [1.54, 1.807) is 0 Å². The molecular formula is C23H40N6. The van der Waals surface area contributed by atoms with Gasteiger partial charge in [0.1, 0.15) is 5.82 Å². The summed E-state index contributed by atoms with van der Waals surface area (Å²) >= 11 is 0. The van der Waals surface area contributed by atoms with Gasteiger partial charge in [0, 0.05) is 37.9 Å². The number of hydrogen-bond acceptors (Lipinski definition) is 4. The Balaban J connectivity index is 1.42. The highest BCUT2D eigenvalue weighted by atomic mass is 15.2. The molecule has 29 heavy (non-hydrogen) atoms. The molecule has 2 N–H and O–H groups in total. The van der Waals surface area contributed by atoms with Crippen molar-refractivity contribution in [3.63, 3.8) is 0 Å². The molecule has 0 amide bonds. The van der Waals surface area contributed by atoms with Gasteiger partial charge in [-0.3, -0.25) is 4.99 Å². The predicted octanol–water partition coefficient (Wildman–Crippen LogP) is 3.04. The van der Waals surface area contributed by atoms with Crippen LogP contribution in [-0.4, -0.2) is 67.7 Å². The lowest BCUT2D eigenvalue weighted by Gasteiger charge is -2.34. The maximum absolute atomic E-state index is 4.88. The number of guanidine groups is 1. The number of pyridine rings is 1. The minimum atomic E-state index is 0.488. The van der Waals surface area contributed by atoms with Gasteiger partial charge in [0.25, 0.3) is 0 Å². The number of hydrogen-bond donors (Lipinski definition) is 2. The molecule has 3 heterocycles. The quantitative estimate of drug-likeness (QED) is 0.544. The molecule has 0 bridgehead atoms. The summed E-state index contributed by atoms with van der Waals surface area (Å²) in [6.45, 7) is 14.1. The molecule has 6 heteroatoms. The van der Waals surface area contributed by atoms with Crippen molar-refractivity contribution in [2.45, 2.75) is 58.9 Å². The van der Waals surface area contributed by atoms with Gasteiger partial charge in [-0.1, -0.05) is 13.0 Å². The van der Waals surface area contributed by atoms with Crippen LogP contribution in [0.3, 0.4) is 0 Å². The highest BCUT2D eigenvalue weighted by Gasteiger charge is 2.21. The van der Waals surface area contributed by atoms with E-state index in [1.807, 2.05) is 0 Å². The van der Waals surface area contributed by atoms with E-state index in [0.29, 0.717) is 6.04 Å². The lowest BCUT2D eigenvalue weighted by Crippen LogP contribution is -2.49. The van der Waals surface area contributed by atoms with E-state index < -0.39 is 0 Å². The number of aliphatic imine (C=N–C) groups is 1. The van der Waals surface area contributed by atoms with E-state index in [-0.39, 0.29) is 0 Å². The van der Waals surface area contributed by atoms with Gasteiger partial charge in [-0.05, 0) is 83.6 Å². The van der Waals surface area contributed by atoms with E-state index in [4.69, 9.17) is 4.99 Å². The zero-order valence-electron chi connectivity index (χ0n) is 18.7. The largest absolute Gasteiger partial charge is 0.357 e. The number of rotatable bonds is 7. The van der Waals surface area contributed by atoms with Crippen LogP contribution in [0.15, 0.2) is 23.2 Å². The lowest BCUT2D eigenvalue weighted by molar-refractivity contribution is 0.188. The van der Waals surface area contributed by atoms with Crippen LogP contribution in [0.5, 0.6) is 0 Å². The van der Waals surface area contributed by atoms with Gasteiger partial charge < -0.3 is 20.4 Å². The zero-order valence-corrected chi connectivity index (χ0v) is 18.7. The molecule has 1 aromatic rings. The molecule has 1 aromatic heterocycles. The molecule has 0 aliphatic carbocycles. The van der Waals surface area contributed by atoms with Crippen LogP contribution in [0.25, 0.3) is 0 Å². The Morgan fingerprint density at radius 2 is 1.86 bits per heavy atom. The van der Waals surface area contributed by atoms with Crippen molar-refractivity contribution in [1.29, 1.82) is 0 Å². The fourth-order valence-corrected chi connectivity index (χ4v) is 4.42. The number of piperidine rings is 2. The molecule has 2 aliphatic heterocycles. The van der Waals surface area contributed by atoms with Crippen molar-refractivity contribution >= 4 is 11.8 Å². The smallest absolute Gasteiger partial charge is 0.191 e. The van der Waals surface area contributed by atoms with Crippen molar-refractivity contribution < 1.29 is 0 Å². The highest BCUT2D eigenvalue weighted by Crippen LogP contribution is 2.20. The maximum atomic E-state index is 4.88. The average Bonchev–Trinajstić information content (AvgIpc) is 2.75. The molecule has 2 saturated heterocycles. The second-order valence-electron chi connectivity index (χ2n) is 8.47. The summed E-state index contributed by atoms with van der Waals surface area (Å²) in [7, 11) is 0. The van der Waals surface area contributed by atoms with E-state index in [9.17, 15) is 0 Å². The zero-order chi connectivity index (χ0) is 20.5. The van der Waals surface area contributed by atoms with Crippen LogP contribution in [-0.2, 0) is 0 Å². The van der Waals surface area contributed by atoms with Gasteiger partial charge in [0.2, 0.25) is 0 Å². The van der Waals surface area contributed by atoms with Gasteiger partial charge in [-0.2, -0.15) is 0 Å². The average molecular weight is 401 g/mol. The first-order chi connectivity index (χ1) is 14.2. The molecule has 2 aliphatic rings. The summed E-state index contributed by atoms with van der Waals surface area (Å²) in [6, 6.07) is 6.77. The van der Waals surface area contributed by atoms with Crippen LogP contribution in [0.2, 0.25) is 0 Å². The van der Waals surface area contributed by atoms with Crippen LogP contribution < -0.4 is 15.5 Å². The van der Waals surface area contributed by atoms with E-state index in [0.717, 1.165) is 62.4 Å². The molecule has 0 radical (unpaired) electrons. The summed E-state index contributed by atoms with van der Waals surface area (Å²) in [5.41, 5.74) is 1.09. The van der Waals surface area contributed by atoms with E-state index in [2.05, 4.69) is 64.4 Å².